The Bertz CT molecular complexity index is 1020. The quantitative estimate of drug-likeness (QED) is 0.750. The fourth-order valence-corrected chi connectivity index (χ4v) is 3.97. The molecule has 0 radical (unpaired) electrons. The molecule has 5 rings (SSSR count). The van der Waals surface area contributed by atoms with E-state index in [2.05, 4.69) is 20.1 Å². The van der Waals surface area contributed by atoms with Crippen molar-refractivity contribution in [2.75, 3.05) is 0 Å². The van der Waals surface area contributed by atoms with Crippen molar-refractivity contribution in [2.24, 2.45) is 0 Å². The van der Waals surface area contributed by atoms with Gasteiger partial charge >= 0.3 is 0 Å². The summed E-state index contributed by atoms with van der Waals surface area (Å²) in [6.45, 7) is 2.80. The molecule has 1 aromatic carbocycles. The predicted molar refractivity (Wildman–Crippen MR) is 105 cm³/mol. The topological polar surface area (TPSA) is 73.0 Å². The Balaban J connectivity index is 1.27. The molecule has 0 spiro atoms. The summed E-state index contributed by atoms with van der Waals surface area (Å²) in [7, 11) is 0. The van der Waals surface area contributed by atoms with E-state index in [0.717, 1.165) is 54.5 Å². The van der Waals surface area contributed by atoms with Gasteiger partial charge in [-0.25, -0.2) is 0 Å². The van der Waals surface area contributed by atoms with Gasteiger partial charge in [0, 0.05) is 36.1 Å². The second-order valence-corrected chi connectivity index (χ2v) is 7.89. The van der Waals surface area contributed by atoms with Crippen LogP contribution in [0.1, 0.15) is 59.4 Å². The van der Waals surface area contributed by atoms with Crippen molar-refractivity contribution in [3.05, 3.63) is 59.4 Å². The third kappa shape index (κ3) is 3.35. The number of nitrogens with one attached hydrogen (secondary N) is 1. The fourth-order valence-electron chi connectivity index (χ4n) is 3.97. The maximum absolute atomic E-state index is 12.8. The SMILES string of the molecule is Cc1ccc(-c2cccc(C(=O)NC3CCc4nnc(C5CC5)n4CC3)c2)o1. The van der Waals surface area contributed by atoms with Crippen molar-refractivity contribution in [3.8, 4) is 11.3 Å². The monoisotopic (exact) mass is 376 g/mol. The normalized spacial score (nSPS) is 19.1. The number of hydrogen-bond acceptors (Lipinski definition) is 4. The molecule has 144 valence electrons. The summed E-state index contributed by atoms with van der Waals surface area (Å²) in [4.78, 5) is 12.8. The molecule has 2 aromatic heterocycles. The first kappa shape index (κ1) is 17.2. The largest absolute Gasteiger partial charge is 0.461 e. The van der Waals surface area contributed by atoms with Crippen LogP contribution in [0.25, 0.3) is 11.3 Å². The van der Waals surface area contributed by atoms with Crippen molar-refractivity contribution in [2.45, 2.75) is 57.5 Å². The molecule has 3 aromatic rings. The van der Waals surface area contributed by atoms with Crippen LogP contribution in [0.15, 0.2) is 40.8 Å². The molecule has 6 heteroatoms. The van der Waals surface area contributed by atoms with Gasteiger partial charge in [0.1, 0.15) is 23.2 Å². The number of aryl methyl sites for hydroxylation is 2. The van der Waals surface area contributed by atoms with Crippen molar-refractivity contribution < 1.29 is 9.21 Å². The van der Waals surface area contributed by atoms with Crippen LogP contribution in [-0.4, -0.2) is 26.7 Å². The predicted octanol–water partition coefficient (Wildman–Crippen LogP) is 3.86. The van der Waals surface area contributed by atoms with E-state index in [9.17, 15) is 4.79 Å². The molecule has 1 amide bonds. The van der Waals surface area contributed by atoms with Crippen LogP contribution in [0.4, 0.5) is 0 Å². The van der Waals surface area contributed by atoms with Gasteiger partial charge < -0.3 is 14.3 Å². The van der Waals surface area contributed by atoms with Gasteiger partial charge in [-0.2, -0.15) is 0 Å². The highest BCUT2D eigenvalue weighted by atomic mass is 16.3. The molecule has 3 heterocycles. The zero-order valence-corrected chi connectivity index (χ0v) is 16.0. The van der Waals surface area contributed by atoms with Crippen LogP contribution in [0.5, 0.6) is 0 Å². The second-order valence-electron chi connectivity index (χ2n) is 7.89. The Labute approximate surface area is 164 Å². The van der Waals surface area contributed by atoms with Crippen molar-refractivity contribution in [1.29, 1.82) is 0 Å². The van der Waals surface area contributed by atoms with Crippen LogP contribution in [0, 0.1) is 6.92 Å². The highest BCUT2D eigenvalue weighted by Gasteiger charge is 2.31. The van der Waals surface area contributed by atoms with Gasteiger partial charge in [0.05, 0.1) is 0 Å². The van der Waals surface area contributed by atoms with Gasteiger partial charge in [-0.05, 0) is 56.9 Å². The minimum atomic E-state index is -0.0322. The lowest BCUT2D eigenvalue weighted by atomic mass is 10.1. The third-order valence-corrected chi connectivity index (χ3v) is 5.70. The first-order chi connectivity index (χ1) is 13.7. The molecule has 0 saturated heterocycles. The van der Waals surface area contributed by atoms with Gasteiger partial charge in [0.2, 0.25) is 0 Å². The maximum atomic E-state index is 12.8. The first-order valence-electron chi connectivity index (χ1n) is 10.1. The molecule has 0 bridgehead atoms. The molecule has 1 aliphatic heterocycles. The number of amides is 1. The van der Waals surface area contributed by atoms with E-state index < -0.39 is 0 Å². The average Bonchev–Trinajstić information content (AvgIpc) is 3.39. The number of aromatic nitrogens is 3. The molecular weight excluding hydrogens is 352 g/mol. The standard InChI is InChI=1S/C22H24N4O2/c1-14-5-9-19(28-14)16-3-2-4-17(13-16)22(27)23-18-8-10-20-24-25-21(15-6-7-15)26(20)12-11-18/h2-5,9,13,15,18H,6-8,10-12H2,1H3,(H,23,27). The van der Waals surface area contributed by atoms with Crippen molar-refractivity contribution in [1.82, 2.24) is 20.1 Å². The smallest absolute Gasteiger partial charge is 0.251 e. The number of carbonyl (C=O) groups excluding carboxylic acids is 1. The number of rotatable bonds is 4. The van der Waals surface area contributed by atoms with E-state index in [1.807, 2.05) is 43.3 Å². The lowest BCUT2D eigenvalue weighted by molar-refractivity contribution is 0.0933. The Morgan fingerprint density at radius 3 is 2.82 bits per heavy atom. The molecule has 1 unspecified atom stereocenters. The number of benzene rings is 1. The van der Waals surface area contributed by atoms with Gasteiger partial charge in [-0.3, -0.25) is 4.79 Å². The lowest BCUT2D eigenvalue weighted by Crippen LogP contribution is -2.35. The van der Waals surface area contributed by atoms with Crippen LogP contribution in [0.3, 0.4) is 0 Å². The van der Waals surface area contributed by atoms with E-state index in [0.29, 0.717) is 11.5 Å². The summed E-state index contributed by atoms with van der Waals surface area (Å²) in [6, 6.07) is 11.6. The molecular formula is C22H24N4O2. The third-order valence-electron chi connectivity index (χ3n) is 5.70. The van der Waals surface area contributed by atoms with Gasteiger partial charge in [-0.1, -0.05) is 12.1 Å². The van der Waals surface area contributed by atoms with E-state index in [-0.39, 0.29) is 11.9 Å². The maximum Gasteiger partial charge on any atom is 0.251 e. The van der Waals surface area contributed by atoms with Gasteiger partial charge in [0.25, 0.3) is 5.91 Å². The molecule has 2 aliphatic rings. The summed E-state index contributed by atoms with van der Waals surface area (Å²) in [5, 5.41) is 12.0. The molecule has 28 heavy (non-hydrogen) atoms. The van der Waals surface area contributed by atoms with Crippen LogP contribution < -0.4 is 5.32 Å². The van der Waals surface area contributed by atoms with Gasteiger partial charge in [0.15, 0.2) is 0 Å². The minimum absolute atomic E-state index is 0.0322. The first-order valence-corrected chi connectivity index (χ1v) is 10.1. The summed E-state index contributed by atoms with van der Waals surface area (Å²) in [5.74, 6) is 4.42. The summed E-state index contributed by atoms with van der Waals surface area (Å²) in [6.07, 6.45) is 5.11. The lowest BCUT2D eigenvalue weighted by Gasteiger charge is -2.16. The highest BCUT2D eigenvalue weighted by molar-refractivity contribution is 5.95. The van der Waals surface area contributed by atoms with Crippen molar-refractivity contribution in [3.63, 3.8) is 0 Å². The zero-order valence-electron chi connectivity index (χ0n) is 16.0. The Kier molecular flexibility index (Phi) is 4.26. The minimum Gasteiger partial charge on any atom is -0.461 e. The number of hydrogen-bond donors (Lipinski definition) is 1. The summed E-state index contributed by atoms with van der Waals surface area (Å²) < 4.78 is 7.97. The molecule has 1 aliphatic carbocycles. The molecule has 1 fully saturated rings. The average molecular weight is 376 g/mol. The Hall–Kier alpha value is -2.89. The number of fused-ring (bicyclic) bond motifs is 1. The molecule has 1 saturated carbocycles. The van der Waals surface area contributed by atoms with E-state index in [1.54, 1.807) is 0 Å². The summed E-state index contributed by atoms with van der Waals surface area (Å²) >= 11 is 0. The zero-order chi connectivity index (χ0) is 19.1. The van der Waals surface area contributed by atoms with Crippen molar-refractivity contribution >= 4 is 5.91 Å². The van der Waals surface area contributed by atoms with Crippen LogP contribution >= 0.6 is 0 Å². The Morgan fingerprint density at radius 2 is 2.04 bits per heavy atom. The molecule has 1 N–H and O–H groups in total. The number of carbonyl (C=O) groups is 1. The van der Waals surface area contributed by atoms with Gasteiger partial charge in [-0.15, -0.1) is 10.2 Å². The van der Waals surface area contributed by atoms with E-state index in [4.69, 9.17) is 4.42 Å². The molecule has 6 nitrogen and oxygen atoms in total. The highest BCUT2D eigenvalue weighted by Crippen LogP contribution is 2.39. The van der Waals surface area contributed by atoms with E-state index in [1.165, 1.54) is 12.8 Å². The number of nitrogens with zero attached hydrogens (tertiary/aromatic N) is 3. The summed E-state index contributed by atoms with van der Waals surface area (Å²) in [5.41, 5.74) is 1.58. The second kappa shape index (κ2) is 6.93. The van der Waals surface area contributed by atoms with E-state index >= 15 is 0 Å². The molecule has 1 atom stereocenters. The fraction of sp³-hybridized carbons (Fsp3) is 0.409. The number of furan rings is 1. The Morgan fingerprint density at radius 1 is 1.14 bits per heavy atom. The van der Waals surface area contributed by atoms with Crippen LogP contribution in [-0.2, 0) is 13.0 Å². The van der Waals surface area contributed by atoms with Crippen LogP contribution in [0.2, 0.25) is 0 Å².